The zero-order valence-electron chi connectivity index (χ0n) is 29.5. The number of allylic oxidation sites excluding steroid dienone is 2. The van der Waals surface area contributed by atoms with Gasteiger partial charge in [0.15, 0.2) is 0 Å². The van der Waals surface area contributed by atoms with E-state index in [1.54, 1.807) is 11.8 Å². The highest BCUT2D eigenvalue weighted by atomic mass is 32.2. The fraction of sp³-hybridized carbons (Fsp3) is 0.622. The molecule has 1 saturated heterocycles. The van der Waals surface area contributed by atoms with Gasteiger partial charge in [0, 0.05) is 43.7 Å². The maximum Gasteiger partial charge on any atom is 0.243 e. The minimum atomic E-state index is 0.0502. The monoisotopic (exact) mass is 639 g/mol. The number of amides is 2. The molecule has 0 radical (unpaired) electrons. The van der Waals surface area contributed by atoms with Gasteiger partial charge in [-0.2, -0.15) is 0 Å². The molecule has 2 atom stereocenters. The van der Waals surface area contributed by atoms with Gasteiger partial charge in [-0.3, -0.25) is 9.59 Å². The van der Waals surface area contributed by atoms with E-state index in [-0.39, 0.29) is 18.0 Å². The lowest BCUT2D eigenvalue weighted by Crippen LogP contribution is -2.42. The van der Waals surface area contributed by atoms with E-state index in [2.05, 4.69) is 108 Å². The summed E-state index contributed by atoms with van der Waals surface area (Å²) in [5.41, 5.74) is 14.0. The molecular weight excluding hydrogens is 579 g/mol. The second-order valence-electron chi connectivity index (χ2n) is 12.4. The highest BCUT2D eigenvalue weighted by Gasteiger charge is 2.27. The molecule has 8 heteroatoms. The summed E-state index contributed by atoms with van der Waals surface area (Å²) < 4.78 is 0. The number of rotatable bonds is 13. The number of hydrogen-bond donors (Lipinski definition) is 3. The molecule has 2 amide bonds. The molecule has 0 aromatic heterocycles. The fourth-order valence-corrected chi connectivity index (χ4v) is 5.74. The van der Waals surface area contributed by atoms with Gasteiger partial charge in [0.2, 0.25) is 12.3 Å². The third-order valence-corrected chi connectivity index (χ3v) is 8.53. The first-order valence-corrected chi connectivity index (χ1v) is 17.7. The van der Waals surface area contributed by atoms with Gasteiger partial charge in [0.1, 0.15) is 6.54 Å². The molecule has 7 nitrogen and oxygen atoms in total. The quantitative estimate of drug-likeness (QED) is 0.118. The predicted molar refractivity (Wildman–Crippen MR) is 194 cm³/mol. The lowest BCUT2D eigenvalue weighted by Gasteiger charge is -2.24. The van der Waals surface area contributed by atoms with Gasteiger partial charge < -0.3 is 21.0 Å². The first kappa shape index (κ1) is 40.3. The van der Waals surface area contributed by atoms with E-state index >= 15 is 0 Å². The maximum atomic E-state index is 12.2. The van der Waals surface area contributed by atoms with Crippen molar-refractivity contribution >= 4 is 29.0 Å². The van der Waals surface area contributed by atoms with E-state index in [0.29, 0.717) is 19.0 Å². The number of carbonyl (C=O) groups is 2. The molecule has 252 valence electrons. The Bertz CT molecular complexity index is 1130. The summed E-state index contributed by atoms with van der Waals surface area (Å²) in [4.78, 5) is 26.1. The molecule has 2 unspecified atom stereocenters. The standard InChI is InChI=1S/C19H25NOS.C15H28N4O.C3H8/c1-6-7-12-22-19(15(4)5)17-10-8-16(9-11-17)18(14(2)3)20-13-21;1-3-4-13(12-5-6-12)9-19(17-2)11-15(20)18-8-7-14(16)10-18;1-3-2/h8-11,13-14,18H,6H2,1-5H3,(H,20,21);9,12,14,17H,3-8,10-11,16H2,1-2H3;3H2,1-2H3/b;13-9+;. The number of likely N-dealkylation sites (tertiary alicyclic amines) is 1. The molecule has 3 rings (SSSR count). The summed E-state index contributed by atoms with van der Waals surface area (Å²) in [6, 6.07) is 8.61. The van der Waals surface area contributed by atoms with Gasteiger partial charge >= 0.3 is 0 Å². The molecule has 0 bridgehead atoms. The highest BCUT2D eigenvalue weighted by Crippen LogP contribution is 2.38. The molecule has 1 aliphatic heterocycles. The summed E-state index contributed by atoms with van der Waals surface area (Å²) >= 11 is 1.58. The minimum Gasteiger partial charge on any atom is -0.352 e. The van der Waals surface area contributed by atoms with Crippen LogP contribution in [0.2, 0.25) is 0 Å². The van der Waals surface area contributed by atoms with Crippen LogP contribution < -0.4 is 16.5 Å². The van der Waals surface area contributed by atoms with E-state index < -0.39 is 0 Å². The van der Waals surface area contributed by atoms with Crippen LogP contribution in [0.3, 0.4) is 0 Å². The topological polar surface area (TPSA) is 90.7 Å². The van der Waals surface area contributed by atoms with Crippen LogP contribution in [0.4, 0.5) is 0 Å². The van der Waals surface area contributed by atoms with Gasteiger partial charge in [0.05, 0.1) is 6.04 Å². The number of nitrogens with two attached hydrogens (primary N) is 1. The number of benzene rings is 1. The van der Waals surface area contributed by atoms with Crippen molar-refractivity contribution in [3.8, 4) is 11.2 Å². The Labute approximate surface area is 279 Å². The highest BCUT2D eigenvalue weighted by molar-refractivity contribution is 8.12. The number of nitrogens with zero attached hydrogens (tertiary/aromatic N) is 2. The summed E-state index contributed by atoms with van der Waals surface area (Å²) in [5, 5.41) is 7.96. The first-order valence-electron chi connectivity index (χ1n) is 16.9. The van der Waals surface area contributed by atoms with Crippen LogP contribution >= 0.6 is 11.8 Å². The summed E-state index contributed by atoms with van der Waals surface area (Å²) in [7, 11) is 1.87. The van der Waals surface area contributed by atoms with Crippen molar-refractivity contribution in [2.45, 2.75) is 112 Å². The van der Waals surface area contributed by atoms with Crippen LogP contribution in [0, 0.1) is 23.0 Å². The number of thioether (sulfide) groups is 1. The zero-order chi connectivity index (χ0) is 33.8. The SMILES string of the molecule is CCC.CCC#CSC(=C(C)C)c1ccc(C(NC=O)C(C)C)cc1.CCC/C(=C\N(CC(=O)N1CCC(N)C1)NC)C1CC1. The van der Waals surface area contributed by atoms with Crippen LogP contribution in [0.1, 0.15) is 118 Å². The molecule has 1 aromatic rings. The van der Waals surface area contributed by atoms with Gasteiger partial charge in [-0.1, -0.05) is 90.1 Å². The number of hydrazine groups is 1. The molecule has 1 aromatic carbocycles. The fourth-order valence-electron chi connectivity index (χ4n) is 4.96. The Hall–Kier alpha value is -2.73. The number of carbonyl (C=O) groups excluding carboxylic acids is 2. The van der Waals surface area contributed by atoms with Crippen LogP contribution in [0.15, 0.2) is 41.6 Å². The molecule has 2 fully saturated rings. The first-order chi connectivity index (χ1) is 21.6. The van der Waals surface area contributed by atoms with Crippen LogP contribution in [-0.2, 0) is 9.59 Å². The molecule has 45 heavy (non-hydrogen) atoms. The summed E-state index contributed by atoms with van der Waals surface area (Å²) in [6.07, 6.45) is 10.9. The lowest BCUT2D eigenvalue weighted by atomic mass is 9.95. The summed E-state index contributed by atoms with van der Waals surface area (Å²) in [6.45, 7) is 18.8. The largest absolute Gasteiger partial charge is 0.352 e. The van der Waals surface area contributed by atoms with Crippen molar-refractivity contribution in [2.75, 3.05) is 26.7 Å². The Morgan fingerprint density at radius 3 is 2.22 bits per heavy atom. The van der Waals surface area contributed by atoms with Gasteiger partial charge in [0.25, 0.3) is 0 Å². The van der Waals surface area contributed by atoms with E-state index in [1.807, 2.05) is 17.0 Å². The van der Waals surface area contributed by atoms with Crippen molar-refractivity contribution in [3.63, 3.8) is 0 Å². The molecular formula is C37H61N5O2S. The predicted octanol–water partition coefficient (Wildman–Crippen LogP) is 7.48. The number of hydrogen-bond acceptors (Lipinski definition) is 6. The van der Waals surface area contributed by atoms with Crippen molar-refractivity contribution in [3.05, 3.63) is 52.7 Å². The molecule has 1 saturated carbocycles. The average Bonchev–Trinajstić information content (AvgIpc) is 3.77. The van der Waals surface area contributed by atoms with Crippen LogP contribution in [-0.4, -0.2) is 54.9 Å². The average molecular weight is 640 g/mol. The van der Waals surface area contributed by atoms with Crippen LogP contribution in [0.5, 0.6) is 0 Å². The summed E-state index contributed by atoms with van der Waals surface area (Å²) in [5.74, 6) is 4.36. The third-order valence-electron chi connectivity index (χ3n) is 7.43. The second-order valence-corrected chi connectivity index (χ2v) is 13.2. The molecule has 1 heterocycles. The molecule has 1 aliphatic carbocycles. The van der Waals surface area contributed by atoms with Crippen LogP contribution in [0.25, 0.3) is 4.91 Å². The Balaban J connectivity index is 0.000000415. The van der Waals surface area contributed by atoms with Crippen molar-refractivity contribution in [2.24, 2.45) is 17.6 Å². The Morgan fingerprint density at radius 2 is 1.78 bits per heavy atom. The molecule has 0 spiro atoms. The van der Waals surface area contributed by atoms with E-state index in [4.69, 9.17) is 5.73 Å². The molecule has 2 aliphatic rings. The minimum absolute atomic E-state index is 0.0502. The van der Waals surface area contributed by atoms with Crippen molar-refractivity contribution in [1.29, 1.82) is 0 Å². The van der Waals surface area contributed by atoms with E-state index in [1.165, 1.54) is 40.9 Å². The Morgan fingerprint density at radius 1 is 1.13 bits per heavy atom. The van der Waals surface area contributed by atoms with E-state index in [9.17, 15) is 9.59 Å². The smallest absolute Gasteiger partial charge is 0.243 e. The molecule has 4 N–H and O–H groups in total. The zero-order valence-corrected chi connectivity index (χ0v) is 30.4. The maximum absolute atomic E-state index is 12.2. The van der Waals surface area contributed by atoms with Crippen molar-refractivity contribution < 1.29 is 9.59 Å². The normalized spacial score (nSPS) is 16.3. The van der Waals surface area contributed by atoms with Gasteiger partial charge in [-0.15, -0.1) is 0 Å². The number of nitrogens with one attached hydrogen (secondary N) is 2. The lowest BCUT2D eigenvalue weighted by molar-refractivity contribution is -0.131. The van der Waals surface area contributed by atoms with Gasteiger partial charge in [-0.05, 0) is 85.1 Å². The third kappa shape index (κ3) is 15.4. The van der Waals surface area contributed by atoms with E-state index in [0.717, 1.165) is 50.1 Å². The second kappa shape index (κ2) is 22.7. The van der Waals surface area contributed by atoms with Crippen molar-refractivity contribution in [1.82, 2.24) is 20.7 Å². The van der Waals surface area contributed by atoms with Gasteiger partial charge in [-0.25, -0.2) is 5.43 Å². The Kier molecular flexibility index (Phi) is 20.3.